The van der Waals surface area contributed by atoms with Crippen LogP contribution in [0, 0.1) is 0 Å². The van der Waals surface area contributed by atoms with E-state index in [0.717, 1.165) is 56.1 Å². The van der Waals surface area contributed by atoms with Gasteiger partial charge in [-0.05, 0) is 41.5 Å². The van der Waals surface area contributed by atoms with E-state index in [4.69, 9.17) is 15.0 Å². The highest BCUT2D eigenvalue weighted by Crippen LogP contribution is 2.42. The van der Waals surface area contributed by atoms with E-state index in [1.165, 1.54) is 36.6 Å². The fourth-order valence-corrected chi connectivity index (χ4v) is 8.09. The fraction of sp³-hybridized carbons (Fsp3) is 0. The van der Waals surface area contributed by atoms with E-state index >= 15 is 0 Å². The van der Waals surface area contributed by atoms with Crippen LogP contribution < -0.4 is 0 Å². The normalized spacial score (nSPS) is 11.8. The van der Waals surface area contributed by atoms with Gasteiger partial charge in [-0.2, -0.15) is 0 Å². The molecule has 0 saturated heterocycles. The quantitative estimate of drug-likeness (QED) is 0.194. The van der Waals surface area contributed by atoms with Gasteiger partial charge in [-0.3, -0.25) is 4.40 Å². The van der Waals surface area contributed by atoms with Gasteiger partial charge >= 0.3 is 0 Å². The Kier molecular flexibility index (Phi) is 6.01. The van der Waals surface area contributed by atoms with Crippen LogP contribution in [0.3, 0.4) is 0 Å². The van der Waals surface area contributed by atoms with Gasteiger partial charge in [0.15, 0.2) is 5.82 Å². The van der Waals surface area contributed by atoms with E-state index in [1.807, 2.05) is 47.7 Å². The number of aromatic nitrogens is 4. The summed E-state index contributed by atoms with van der Waals surface area (Å²) in [6.45, 7) is 0. The van der Waals surface area contributed by atoms with Crippen molar-refractivity contribution >= 4 is 59.1 Å². The Morgan fingerprint density at radius 1 is 0.438 bits per heavy atom. The molecule has 4 nitrogen and oxygen atoms in total. The predicted molar refractivity (Wildman–Crippen MR) is 200 cm³/mol. The lowest BCUT2D eigenvalue weighted by Gasteiger charge is -2.10. The molecule has 0 aliphatic carbocycles. The van der Waals surface area contributed by atoms with Gasteiger partial charge in [-0.15, -0.1) is 11.3 Å². The first-order valence-electron chi connectivity index (χ1n) is 16.0. The molecule has 0 saturated carbocycles. The van der Waals surface area contributed by atoms with Crippen LogP contribution in [0.25, 0.3) is 92.8 Å². The number of hydrogen-bond acceptors (Lipinski definition) is 4. The monoisotopic (exact) mass is 630 g/mol. The minimum Gasteiger partial charge on any atom is -0.290 e. The van der Waals surface area contributed by atoms with Gasteiger partial charge in [0.2, 0.25) is 0 Å². The highest BCUT2D eigenvalue weighted by Gasteiger charge is 2.18. The lowest BCUT2D eigenvalue weighted by molar-refractivity contribution is 1.18. The van der Waals surface area contributed by atoms with Crippen molar-refractivity contribution in [2.24, 2.45) is 0 Å². The predicted octanol–water partition coefficient (Wildman–Crippen LogP) is 11.5. The number of rotatable bonds is 4. The van der Waals surface area contributed by atoms with Crippen LogP contribution in [0.4, 0.5) is 0 Å². The van der Waals surface area contributed by atoms with E-state index in [2.05, 4.69) is 126 Å². The van der Waals surface area contributed by atoms with Crippen molar-refractivity contribution in [3.8, 4) is 45.0 Å². The van der Waals surface area contributed by atoms with E-state index in [-0.39, 0.29) is 0 Å². The average Bonchev–Trinajstić information content (AvgIpc) is 3.74. The summed E-state index contributed by atoms with van der Waals surface area (Å²) < 4.78 is 4.92. The number of fused-ring (bicyclic) bond motifs is 10. The molecule has 4 heterocycles. The molecular formula is C43H26N4S. The second kappa shape index (κ2) is 10.7. The summed E-state index contributed by atoms with van der Waals surface area (Å²) in [7, 11) is 0. The second-order valence-corrected chi connectivity index (χ2v) is 13.1. The highest BCUT2D eigenvalue weighted by atomic mass is 32.1. The molecule has 0 aliphatic rings. The SMILES string of the molecule is c1ccc(-c2cc(-c3ccc(-c4ccc5sc6c7ccccc7c7nc8ccccc8n7c6c5c4)cc3)nc(-c3ccccc3)n2)cc1. The Balaban J connectivity index is 1.12. The lowest BCUT2D eigenvalue weighted by Crippen LogP contribution is -1.95. The molecule has 0 amide bonds. The Morgan fingerprint density at radius 2 is 1.04 bits per heavy atom. The Bertz CT molecular complexity index is 2760. The van der Waals surface area contributed by atoms with Crippen LogP contribution in [0.1, 0.15) is 0 Å². The third-order valence-electron chi connectivity index (χ3n) is 9.20. The molecule has 6 aromatic carbocycles. The molecule has 10 rings (SSSR count). The van der Waals surface area contributed by atoms with E-state index in [9.17, 15) is 0 Å². The van der Waals surface area contributed by atoms with Crippen LogP contribution in [0.5, 0.6) is 0 Å². The van der Waals surface area contributed by atoms with Crippen LogP contribution >= 0.6 is 11.3 Å². The van der Waals surface area contributed by atoms with Crippen LogP contribution in [-0.2, 0) is 0 Å². The molecular weight excluding hydrogens is 605 g/mol. The maximum Gasteiger partial charge on any atom is 0.160 e. The van der Waals surface area contributed by atoms with Gasteiger partial charge < -0.3 is 0 Å². The van der Waals surface area contributed by atoms with E-state index in [1.54, 1.807) is 0 Å². The van der Waals surface area contributed by atoms with Gasteiger partial charge in [0.25, 0.3) is 0 Å². The molecule has 0 aliphatic heterocycles. The molecule has 0 spiro atoms. The number of para-hydroxylation sites is 2. The summed E-state index contributed by atoms with van der Waals surface area (Å²) in [6, 6.07) is 55.3. The first-order chi connectivity index (χ1) is 23.8. The van der Waals surface area contributed by atoms with Crippen molar-refractivity contribution < 1.29 is 0 Å². The smallest absolute Gasteiger partial charge is 0.160 e. The average molecular weight is 631 g/mol. The zero-order valence-electron chi connectivity index (χ0n) is 25.7. The zero-order valence-corrected chi connectivity index (χ0v) is 26.5. The van der Waals surface area contributed by atoms with Crippen LogP contribution in [0.15, 0.2) is 158 Å². The molecule has 48 heavy (non-hydrogen) atoms. The van der Waals surface area contributed by atoms with Crippen molar-refractivity contribution in [3.63, 3.8) is 0 Å². The summed E-state index contributed by atoms with van der Waals surface area (Å²) in [5.41, 5.74) is 11.6. The summed E-state index contributed by atoms with van der Waals surface area (Å²) >= 11 is 1.86. The number of imidazole rings is 1. The Labute approximate surface area is 280 Å². The van der Waals surface area contributed by atoms with E-state index in [0.29, 0.717) is 0 Å². The van der Waals surface area contributed by atoms with Crippen LogP contribution in [-0.4, -0.2) is 19.4 Å². The number of pyridine rings is 1. The minimum absolute atomic E-state index is 0.719. The van der Waals surface area contributed by atoms with Gasteiger partial charge in [-0.1, -0.05) is 127 Å². The molecule has 0 unspecified atom stereocenters. The van der Waals surface area contributed by atoms with Crippen LogP contribution in [0.2, 0.25) is 0 Å². The summed E-state index contributed by atoms with van der Waals surface area (Å²) in [5.74, 6) is 0.719. The summed E-state index contributed by atoms with van der Waals surface area (Å²) in [6.07, 6.45) is 0. The van der Waals surface area contributed by atoms with Gasteiger partial charge in [0.1, 0.15) is 5.65 Å². The molecule has 224 valence electrons. The molecule has 4 aromatic heterocycles. The Hall–Kier alpha value is -6.17. The van der Waals surface area contributed by atoms with Crippen molar-refractivity contribution in [2.75, 3.05) is 0 Å². The van der Waals surface area contributed by atoms with Crippen molar-refractivity contribution in [2.45, 2.75) is 0 Å². The largest absolute Gasteiger partial charge is 0.290 e. The van der Waals surface area contributed by atoms with Gasteiger partial charge in [0.05, 0.1) is 32.6 Å². The molecule has 0 radical (unpaired) electrons. The number of nitrogens with zero attached hydrogens (tertiary/aromatic N) is 4. The first kappa shape index (κ1) is 27.0. The molecule has 10 aromatic rings. The minimum atomic E-state index is 0.719. The summed E-state index contributed by atoms with van der Waals surface area (Å²) in [4.78, 5) is 15.1. The maximum absolute atomic E-state index is 5.11. The zero-order chi connectivity index (χ0) is 31.6. The molecule has 5 heteroatoms. The number of benzene rings is 6. The molecule has 0 N–H and O–H groups in total. The maximum atomic E-state index is 5.11. The number of hydrogen-bond donors (Lipinski definition) is 0. The van der Waals surface area contributed by atoms with Crippen molar-refractivity contribution in [1.29, 1.82) is 0 Å². The third kappa shape index (κ3) is 4.25. The Morgan fingerprint density at radius 3 is 1.81 bits per heavy atom. The van der Waals surface area contributed by atoms with Gasteiger partial charge in [0, 0.05) is 37.5 Å². The molecule has 0 fully saturated rings. The van der Waals surface area contributed by atoms with Crippen molar-refractivity contribution in [1.82, 2.24) is 19.4 Å². The fourth-order valence-electron chi connectivity index (χ4n) is 6.88. The highest BCUT2D eigenvalue weighted by molar-refractivity contribution is 7.26. The topological polar surface area (TPSA) is 43.1 Å². The standard InChI is InChI=1S/C43H26N4S/c1-3-11-28(12-4-1)36-26-37(45-42(44-36)30-13-5-2-6-14-30)29-21-19-27(20-22-29)31-23-24-39-34(25-31)40-41(48-39)32-15-7-8-16-33(32)43-46-35-17-9-10-18-38(35)47(40)43/h1-26H. The molecule has 0 bridgehead atoms. The van der Waals surface area contributed by atoms with E-state index < -0.39 is 0 Å². The second-order valence-electron chi connectivity index (χ2n) is 12.1. The molecule has 0 atom stereocenters. The summed E-state index contributed by atoms with van der Waals surface area (Å²) in [5, 5.41) is 3.67. The number of thiophene rings is 1. The van der Waals surface area contributed by atoms with Crippen molar-refractivity contribution in [3.05, 3.63) is 158 Å². The lowest BCUT2D eigenvalue weighted by atomic mass is 10.0. The first-order valence-corrected chi connectivity index (χ1v) is 16.9. The van der Waals surface area contributed by atoms with Gasteiger partial charge in [-0.25, -0.2) is 15.0 Å². The third-order valence-corrected chi connectivity index (χ3v) is 10.4.